The Kier molecular flexibility index (Phi) is 4.82. The van der Waals surface area contributed by atoms with E-state index in [2.05, 4.69) is 39.2 Å². The van der Waals surface area contributed by atoms with Gasteiger partial charge < -0.3 is 10.6 Å². The van der Waals surface area contributed by atoms with Gasteiger partial charge in [0.15, 0.2) is 0 Å². The lowest BCUT2D eigenvalue weighted by Gasteiger charge is -2.06. The van der Waals surface area contributed by atoms with Crippen molar-refractivity contribution in [1.82, 2.24) is 10.6 Å². The quantitative estimate of drug-likeness (QED) is 0.735. The minimum absolute atomic E-state index is 0.0431. The highest BCUT2D eigenvalue weighted by molar-refractivity contribution is 9.10. The Morgan fingerprint density at radius 3 is 2.75 bits per heavy atom. The molecule has 6 heteroatoms. The van der Waals surface area contributed by atoms with E-state index >= 15 is 0 Å². The summed E-state index contributed by atoms with van der Waals surface area (Å²) in [6, 6.07) is 5.13. The van der Waals surface area contributed by atoms with E-state index in [-0.39, 0.29) is 18.4 Å². The van der Waals surface area contributed by atoms with Gasteiger partial charge in [0.25, 0.3) is 5.91 Å². The fourth-order valence-corrected chi connectivity index (χ4v) is 1.66. The monoisotopic (exact) mass is 302 g/mol. The van der Waals surface area contributed by atoms with Crippen LogP contribution in [0.3, 0.4) is 0 Å². The van der Waals surface area contributed by atoms with Gasteiger partial charge in [0.2, 0.25) is 5.91 Å². The highest BCUT2D eigenvalue weighted by Crippen LogP contribution is 2.19. The van der Waals surface area contributed by atoms with Crippen LogP contribution in [0.2, 0.25) is 0 Å². The molecule has 0 spiro atoms. The lowest BCUT2D eigenvalue weighted by atomic mass is 10.2. The van der Waals surface area contributed by atoms with Gasteiger partial charge in [0.1, 0.15) is 0 Å². The molecule has 0 aliphatic heterocycles. The van der Waals surface area contributed by atoms with Crippen LogP contribution in [-0.4, -0.2) is 25.4 Å². The summed E-state index contributed by atoms with van der Waals surface area (Å²) in [6.45, 7) is -0.0431. The van der Waals surface area contributed by atoms with Crippen molar-refractivity contribution in [3.63, 3.8) is 0 Å². The fraction of sp³-hybridized carbons (Fsp3) is 0.200. The molecular formula is C10H11BrN2O2S. The normalized spacial score (nSPS) is 9.69. The molecule has 1 aromatic carbocycles. The van der Waals surface area contributed by atoms with Crippen LogP contribution < -0.4 is 10.6 Å². The highest BCUT2D eigenvalue weighted by Gasteiger charge is 2.10. The van der Waals surface area contributed by atoms with Crippen LogP contribution in [0.5, 0.6) is 0 Å². The van der Waals surface area contributed by atoms with Crippen LogP contribution in [0.25, 0.3) is 0 Å². The number of halogens is 1. The maximum atomic E-state index is 11.7. The number of likely N-dealkylation sites (N-methyl/N-ethyl adjacent to an activating group) is 1. The predicted octanol–water partition coefficient (Wildman–Crippen LogP) is 1.21. The molecule has 0 aliphatic rings. The Labute approximate surface area is 107 Å². The second kappa shape index (κ2) is 5.91. The summed E-state index contributed by atoms with van der Waals surface area (Å²) >= 11 is 7.40. The first-order valence-electron chi connectivity index (χ1n) is 4.52. The fourth-order valence-electron chi connectivity index (χ4n) is 1.03. The van der Waals surface area contributed by atoms with Gasteiger partial charge in [-0.05, 0) is 34.1 Å². The summed E-state index contributed by atoms with van der Waals surface area (Å²) in [6.07, 6.45) is 0. The summed E-state index contributed by atoms with van der Waals surface area (Å²) in [5.74, 6) is -0.558. The SMILES string of the molecule is CNC(=O)CNC(=O)c1cc(S)ccc1Br. The first-order chi connectivity index (χ1) is 7.54. The number of carbonyl (C=O) groups excluding carboxylic acids is 2. The summed E-state index contributed by atoms with van der Waals surface area (Å²) in [5, 5.41) is 4.92. The molecule has 0 fully saturated rings. The zero-order valence-electron chi connectivity index (χ0n) is 8.58. The van der Waals surface area contributed by atoms with Crippen LogP contribution in [0, 0.1) is 0 Å². The van der Waals surface area contributed by atoms with E-state index in [1.165, 1.54) is 7.05 Å². The Balaban J connectivity index is 2.73. The molecule has 4 nitrogen and oxygen atoms in total. The van der Waals surface area contributed by atoms with Gasteiger partial charge in [0.05, 0.1) is 12.1 Å². The van der Waals surface area contributed by atoms with Gasteiger partial charge >= 0.3 is 0 Å². The third-order valence-corrected chi connectivity index (χ3v) is 2.85. The van der Waals surface area contributed by atoms with Gasteiger partial charge in [-0.15, -0.1) is 12.6 Å². The topological polar surface area (TPSA) is 58.2 Å². The average Bonchev–Trinajstić information content (AvgIpc) is 2.28. The zero-order chi connectivity index (χ0) is 12.1. The van der Waals surface area contributed by atoms with Gasteiger partial charge in [0, 0.05) is 16.4 Å². The third kappa shape index (κ3) is 3.53. The summed E-state index contributed by atoms with van der Waals surface area (Å²) in [7, 11) is 1.51. The van der Waals surface area contributed by atoms with E-state index in [4.69, 9.17) is 0 Å². The van der Waals surface area contributed by atoms with Gasteiger partial charge in [-0.1, -0.05) is 0 Å². The van der Waals surface area contributed by atoms with Crippen LogP contribution in [0.4, 0.5) is 0 Å². The maximum Gasteiger partial charge on any atom is 0.252 e. The molecule has 2 N–H and O–H groups in total. The second-order valence-electron chi connectivity index (χ2n) is 3.02. The van der Waals surface area contributed by atoms with Crippen LogP contribution >= 0.6 is 28.6 Å². The minimum atomic E-state index is -0.314. The molecule has 0 bridgehead atoms. The van der Waals surface area contributed by atoms with Crippen LogP contribution in [0.15, 0.2) is 27.6 Å². The van der Waals surface area contributed by atoms with Crippen LogP contribution in [-0.2, 0) is 4.79 Å². The Bertz CT molecular complexity index is 423. The number of hydrogen-bond acceptors (Lipinski definition) is 3. The smallest absolute Gasteiger partial charge is 0.252 e. The Morgan fingerprint density at radius 2 is 2.12 bits per heavy atom. The number of benzene rings is 1. The first kappa shape index (κ1) is 13.1. The standard InChI is InChI=1S/C10H11BrN2O2S/c1-12-9(14)5-13-10(15)7-4-6(16)2-3-8(7)11/h2-4,16H,5H2,1H3,(H,12,14)(H,13,15). The number of amides is 2. The number of carbonyl (C=O) groups is 2. The van der Waals surface area contributed by atoms with Gasteiger partial charge in [-0.3, -0.25) is 9.59 Å². The lowest BCUT2D eigenvalue weighted by molar-refractivity contribution is -0.119. The summed E-state index contributed by atoms with van der Waals surface area (Å²) < 4.78 is 0.666. The van der Waals surface area contributed by atoms with Crippen molar-refractivity contribution in [2.75, 3.05) is 13.6 Å². The van der Waals surface area contributed by atoms with Gasteiger partial charge in [-0.2, -0.15) is 0 Å². The number of hydrogen-bond donors (Lipinski definition) is 3. The van der Waals surface area contributed by atoms with Crippen molar-refractivity contribution >= 4 is 40.4 Å². The Morgan fingerprint density at radius 1 is 1.44 bits per heavy atom. The molecule has 0 unspecified atom stereocenters. The third-order valence-electron chi connectivity index (χ3n) is 1.88. The largest absolute Gasteiger partial charge is 0.358 e. The highest BCUT2D eigenvalue weighted by atomic mass is 79.9. The second-order valence-corrected chi connectivity index (χ2v) is 4.39. The lowest BCUT2D eigenvalue weighted by Crippen LogP contribution is -2.35. The molecule has 0 atom stereocenters. The Hall–Kier alpha value is -1.01. The van der Waals surface area contributed by atoms with Crippen molar-refractivity contribution in [3.05, 3.63) is 28.2 Å². The molecule has 16 heavy (non-hydrogen) atoms. The minimum Gasteiger partial charge on any atom is -0.358 e. The van der Waals surface area contributed by atoms with E-state index in [0.717, 1.165) is 0 Å². The van der Waals surface area contributed by atoms with Crippen molar-refractivity contribution in [3.8, 4) is 0 Å². The van der Waals surface area contributed by atoms with E-state index in [0.29, 0.717) is 14.9 Å². The zero-order valence-corrected chi connectivity index (χ0v) is 11.1. The molecular weight excluding hydrogens is 292 g/mol. The van der Waals surface area contributed by atoms with Crippen molar-refractivity contribution in [1.29, 1.82) is 0 Å². The average molecular weight is 303 g/mol. The molecule has 0 heterocycles. The molecule has 0 saturated carbocycles. The number of nitrogens with one attached hydrogen (secondary N) is 2. The molecule has 86 valence electrons. The van der Waals surface area contributed by atoms with Crippen molar-refractivity contribution in [2.45, 2.75) is 4.90 Å². The van der Waals surface area contributed by atoms with Gasteiger partial charge in [-0.25, -0.2) is 0 Å². The van der Waals surface area contributed by atoms with Crippen molar-refractivity contribution in [2.24, 2.45) is 0 Å². The summed E-state index contributed by atoms with van der Waals surface area (Å²) in [5.41, 5.74) is 0.455. The van der Waals surface area contributed by atoms with Crippen LogP contribution in [0.1, 0.15) is 10.4 Å². The molecule has 0 aromatic heterocycles. The molecule has 2 amide bonds. The number of rotatable bonds is 3. The first-order valence-corrected chi connectivity index (χ1v) is 5.76. The summed E-state index contributed by atoms with van der Waals surface area (Å²) in [4.78, 5) is 23.3. The number of thiol groups is 1. The molecule has 1 aromatic rings. The molecule has 1 rings (SSSR count). The molecule has 0 radical (unpaired) electrons. The predicted molar refractivity (Wildman–Crippen MR) is 67.8 cm³/mol. The van der Waals surface area contributed by atoms with E-state index in [1.807, 2.05) is 0 Å². The van der Waals surface area contributed by atoms with E-state index in [1.54, 1.807) is 18.2 Å². The van der Waals surface area contributed by atoms with E-state index < -0.39 is 0 Å². The van der Waals surface area contributed by atoms with E-state index in [9.17, 15) is 9.59 Å². The maximum absolute atomic E-state index is 11.7. The molecule has 0 aliphatic carbocycles. The van der Waals surface area contributed by atoms with Crippen molar-refractivity contribution < 1.29 is 9.59 Å². The molecule has 0 saturated heterocycles.